The molecule has 1 aliphatic rings. The van der Waals surface area contributed by atoms with E-state index in [0.29, 0.717) is 37.0 Å². The monoisotopic (exact) mass is 335 g/mol. The summed E-state index contributed by atoms with van der Waals surface area (Å²) in [5, 5.41) is 2.45. The third-order valence-electron chi connectivity index (χ3n) is 3.85. The van der Waals surface area contributed by atoms with Gasteiger partial charge >= 0.3 is 0 Å². The molecule has 1 atom stereocenters. The van der Waals surface area contributed by atoms with Crippen LogP contribution in [0.1, 0.15) is 11.6 Å². The maximum absolute atomic E-state index is 13.7. The van der Waals surface area contributed by atoms with E-state index < -0.39 is 6.04 Å². The minimum Gasteiger partial charge on any atom is -0.379 e. The molecule has 1 aliphatic heterocycles. The second-order valence-electron chi connectivity index (χ2n) is 5.32. The molecule has 1 saturated heterocycles. The second-order valence-corrected chi connectivity index (χ2v) is 6.19. The molecule has 0 saturated carbocycles. The van der Waals surface area contributed by atoms with E-state index in [1.165, 1.54) is 28.4 Å². The van der Waals surface area contributed by atoms with Gasteiger partial charge in [-0.05, 0) is 17.7 Å². The van der Waals surface area contributed by atoms with Crippen LogP contribution in [0.4, 0.5) is 9.52 Å². The van der Waals surface area contributed by atoms with Crippen molar-refractivity contribution in [2.75, 3.05) is 38.3 Å². The maximum Gasteiger partial charge on any atom is 0.250 e. The number of amides is 1. The first kappa shape index (κ1) is 16.0. The number of halogens is 1. The number of morpholine rings is 1. The number of thiazole rings is 1. The summed E-state index contributed by atoms with van der Waals surface area (Å²) in [6.45, 7) is 2.41. The van der Waals surface area contributed by atoms with Crippen LogP contribution in [0.3, 0.4) is 0 Å². The van der Waals surface area contributed by atoms with Gasteiger partial charge in [0.15, 0.2) is 5.13 Å². The average Bonchev–Trinajstić information content (AvgIpc) is 3.10. The molecule has 3 rings (SSSR count). The lowest BCUT2D eigenvalue weighted by Crippen LogP contribution is -2.46. The summed E-state index contributed by atoms with van der Waals surface area (Å²) in [4.78, 5) is 20.8. The summed E-state index contributed by atoms with van der Waals surface area (Å²) in [6, 6.07) is 5.69. The predicted molar refractivity (Wildman–Crippen MR) is 87.1 cm³/mol. The van der Waals surface area contributed by atoms with E-state index in [1.54, 1.807) is 25.4 Å². The Balaban J connectivity index is 1.92. The molecule has 0 aliphatic carbocycles. The Kier molecular flexibility index (Phi) is 5.00. The van der Waals surface area contributed by atoms with E-state index in [4.69, 9.17) is 4.74 Å². The van der Waals surface area contributed by atoms with Gasteiger partial charge in [-0.2, -0.15) is 0 Å². The molecule has 5 nitrogen and oxygen atoms in total. The highest BCUT2D eigenvalue weighted by Crippen LogP contribution is 2.27. The van der Waals surface area contributed by atoms with Gasteiger partial charge in [0.05, 0.1) is 13.2 Å². The molecule has 1 fully saturated rings. The number of carbonyl (C=O) groups is 1. The van der Waals surface area contributed by atoms with E-state index in [1.807, 2.05) is 10.3 Å². The van der Waals surface area contributed by atoms with Crippen molar-refractivity contribution in [3.8, 4) is 0 Å². The minimum atomic E-state index is -0.538. The van der Waals surface area contributed by atoms with Crippen molar-refractivity contribution in [1.29, 1.82) is 0 Å². The van der Waals surface area contributed by atoms with Crippen LogP contribution in [0.25, 0.3) is 0 Å². The van der Waals surface area contributed by atoms with E-state index in [9.17, 15) is 9.18 Å². The molecule has 0 bridgehead atoms. The molecular formula is C16H18FN3O2S. The molecule has 0 spiro atoms. The first-order valence-corrected chi connectivity index (χ1v) is 8.29. The molecule has 0 N–H and O–H groups in total. The molecule has 1 aromatic carbocycles. The van der Waals surface area contributed by atoms with Gasteiger partial charge in [-0.3, -0.25) is 14.6 Å². The summed E-state index contributed by atoms with van der Waals surface area (Å²) in [5.74, 6) is -0.460. The summed E-state index contributed by atoms with van der Waals surface area (Å²) < 4.78 is 19.0. The van der Waals surface area contributed by atoms with E-state index in [2.05, 4.69) is 4.98 Å². The summed E-state index contributed by atoms with van der Waals surface area (Å²) >= 11 is 1.40. The van der Waals surface area contributed by atoms with Crippen molar-refractivity contribution in [2.24, 2.45) is 0 Å². The van der Waals surface area contributed by atoms with Gasteiger partial charge in [-0.25, -0.2) is 9.37 Å². The largest absolute Gasteiger partial charge is 0.379 e. The molecule has 23 heavy (non-hydrogen) atoms. The Morgan fingerprint density at radius 1 is 1.43 bits per heavy atom. The first-order chi connectivity index (χ1) is 11.2. The van der Waals surface area contributed by atoms with Crippen LogP contribution in [0, 0.1) is 5.82 Å². The Hall–Kier alpha value is -1.83. The fourth-order valence-corrected chi connectivity index (χ4v) is 3.29. The highest BCUT2D eigenvalue weighted by molar-refractivity contribution is 7.13. The lowest BCUT2D eigenvalue weighted by molar-refractivity contribution is -0.125. The maximum atomic E-state index is 13.7. The summed E-state index contributed by atoms with van der Waals surface area (Å²) in [6.07, 6.45) is 1.66. The lowest BCUT2D eigenvalue weighted by atomic mass is 10.0. The van der Waals surface area contributed by atoms with Crippen LogP contribution in [0.15, 0.2) is 35.8 Å². The normalized spacial score (nSPS) is 17.0. The predicted octanol–water partition coefficient (Wildman–Crippen LogP) is 2.32. The number of benzene rings is 1. The molecule has 0 radical (unpaired) electrons. The zero-order chi connectivity index (χ0) is 16.2. The van der Waals surface area contributed by atoms with Gasteiger partial charge in [-0.15, -0.1) is 11.3 Å². The Morgan fingerprint density at radius 3 is 2.87 bits per heavy atom. The van der Waals surface area contributed by atoms with Crippen molar-refractivity contribution in [3.05, 3.63) is 47.2 Å². The van der Waals surface area contributed by atoms with E-state index >= 15 is 0 Å². The molecule has 2 heterocycles. The second kappa shape index (κ2) is 7.16. The van der Waals surface area contributed by atoms with Crippen LogP contribution in [-0.2, 0) is 9.53 Å². The number of rotatable bonds is 4. The standard InChI is InChI=1S/C16H18FN3O2S/c1-19(16-18-5-10-23-16)15(21)14(20-6-8-22-9-7-20)12-3-2-4-13(17)11-12/h2-5,10-11,14H,6-9H2,1H3/t14-/m0/s1. The topological polar surface area (TPSA) is 45.7 Å². The Bertz CT molecular complexity index is 659. The molecule has 0 unspecified atom stereocenters. The zero-order valence-corrected chi connectivity index (χ0v) is 13.6. The van der Waals surface area contributed by atoms with Gasteiger partial charge in [0.2, 0.25) is 5.91 Å². The van der Waals surface area contributed by atoms with Gasteiger partial charge in [0, 0.05) is 31.7 Å². The van der Waals surface area contributed by atoms with Crippen LogP contribution in [0.5, 0.6) is 0 Å². The number of carbonyl (C=O) groups excluding carboxylic acids is 1. The quantitative estimate of drug-likeness (QED) is 0.860. The number of hydrogen-bond donors (Lipinski definition) is 0. The third kappa shape index (κ3) is 3.57. The Labute approximate surface area is 138 Å². The van der Waals surface area contributed by atoms with E-state index in [-0.39, 0.29) is 11.7 Å². The highest BCUT2D eigenvalue weighted by Gasteiger charge is 2.32. The van der Waals surface area contributed by atoms with Gasteiger partial charge in [0.25, 0.3) is 0 Å². The molecule has 2 aromatic rings. The van der Waals surface area contributed by atoms with Gasteiger partial charge in [-0.1, -0.05) is 12.1 Å². The fourth-order valence-electron chi connectivity index (χ4n) is 2.68. The lowest BCUT2D eigenvalue weighted by Gasteiger charge is -2.35. The Morgan fingerprint density at radius 2 is 2.22 bits per heavy atom. The van der Waals surface area contributed by atoms with Crippen molar-refractivity contribution in [2.45, 2.75) is 6.04 Å². The number of aromatic nitrogens is 1. The smallest absolute Gasteiger partial charge is 0.250 e. The van der Waals surface area contributed by atoms with Crippen LogP contribution >= 0.6 is 11.3 Å². The minimum absolute atomic E-state index is 0.118. The average molecular weight is 335 g/mol. The summed E-state index contributed by atoms with van der Waals surface area (Å²) in [5.41, 5.74) is 0.653. The molecular weight excluding hydrogens is 317 g/mol. The first-order valence-electron chi connectivity index (χ1n) is 7.41. The van der Waals surface area contributed by atoms with Crippen LogP contribution < -0.4 is 4.90 Å². The number of likely N-dealkylation sites (N-methyl/N-ethyl adjacent to an activating group) is 1. The molecule has 122 valence electrons. The van der Waals surface area contributed by atoms with Gasteiger partial charge < -0.3 is 4.74 Å². The number of ether oxygens (including phenoxy) is 1. The van der Waals surface area contributed by atoms with Crippen molar-refractivity contribution in [1.82, 2.24) is 9.88 Å². The fraction of sp³-hybridized carbons (Fsp3) is 0.375. The van der Waals surface area contributed by atoms with Crippen LogP contribution in [-0.4, -0.2) is 49.1 Å². The van der Waals surface area contributed by atoms with Crippen molar-refractivity contribution >= 4 is 22.4 Å². The zero-order valence-electron chi connectivity index (χ0n) is 12.8. The third-order valence-corrected chi connectivity index (χ3v) is 4.69. The van der Waals surface area contributed by atoms with Crippen LogP contribution in [0.2, 0.25) is 0 Å². The SMILES string of the molecule is CN(C(=O)[C@H](c1cccc(F)c1)N1CCOCC1)c1nccs1. The number of anilines is 1. The molecule has 1 amide bonds. The van der Waals surface area contributed by atoms with Crippen molar-refractivity contribution in [3.63, 3.8) is 0 Å². The van der Waals surface area contributed by atoms with Crippen molar-refractivity contribution < 1.29 is 13.9 Å². The van der Waals surface area contributed by atoms with E-state index in [0.717, 1.165) is 0 Å². The number of nitrogens with zero attached hydrogens (tertiary/aromatic N) is 3. The van der Waals surface area contributed by atoms with Gasteiger partial charge in [0.1, 0.15) is 11.9 Å². The molecule has 1 aromatic heterocycles. The highest BCUT2D eigenvalue weighted by atomic mass is 32.1. The number of hydrogen-bond acceptors (Lipinski definition) is 5. The molecule has 7 heteroatoms. The summed E-state index contributed by atoms with van der Waals surface area (Å²) in [7, 11) is 1.70.